The van der Waals surface area contributed by atoms with Crippen LogP contribution < -0.4 is 10.1 Å². The van der Waals surface area contributed by atoms with Crippen molar-refractivity contribution in [2.24, 2.45) is 0 Å². The van der Waals surface area contributed by atoms with Gasteiger partial charge in [0.05, 0.1) is 11.0 Å². The molecule has 12 heteroatoms. The maximum atomic E-state index is 13.5. The number of likely N-dealkylation sites (tertiary alicyclic amines) is 1. The average Bonchev–Trinajstić information content (AvgIpc) is 3.17. The molecule has 0 saturated carbocycles. The van der Waals surface area contributed by atoms with Crippen LogP contribution in [-0.2, 0) is 12.6 Å². The second kappa shape index (κ2) is 10.3. The van der Waals surface area contributed by atoms with Crippen LogP contribution in [0.25, 0.3) is 0 Å². The van der Waals surface area contributed by atoms with E-state index >= 15 is 0 Å². The predicted octanol–water partition coefficient (Wildman–Crippen LogP) is 5.58. The van der Waals surface area contributed by atoms with Crippen molar-refractivity contribution in [2.45, 2.75) is 51.2 Å². The molecule has 1 amide bonds. The van der Waals surface area contributed by atoms with E-state index in [9.17, 15) is 31.1 Å². The van der Waals surface area contributed by atoms with E-state index in [0.717, 1.165) is 44.5 Å². The van der Waals surface area contributed by atoms with Gasteiger partial charge in [0.1, 0.15) is 10.6 Å². The van der Waals surface area contributed by atoms with E-state index in [4.69, 9.17) is 0 Å². The van der Waals surface area contributed by atoms with Crippen LogP contribution in [0.15, 0.2) is 24.3 Å². The van der Waals surface area contributed by atoms with Gasteiger partial charge < -0.3 is 15.0 Å². The number of benzene rings is 1. The molecule has 33 heavy (non-hydrogen) atoms. The molecule has 1 saturated heterocycles. The molecular weight excluding hydrogens is 472 g/mol. The average molecular weight is 495 g/mol. The van der Waals surface area contributed by atoms with Crippen molar-refractivity contribution >= 4 is 17.2 Å². The number of piperidine rings is 1. The summed E-state index contributed by atoms with van der Waals surface area (Å²) in [5, 5.41) is 2.63. The lowest BCUT2D eigenvalue weighted by Crippen LogP contribution is -2.31. The molecule has 0 radical (unpaired) electrons. The Labute approximate surface area is 190 Å². The van der Waals surface area contributed by atoms with Crippen LogP contribution in [0.1, 0.15) is 58.2 Å². The molecule has 0 bridgehead atoms. The molecule has 2 heterocycles. The molecule has 1 aromatic carbocycles. The third-order valence-corrected chi connectivity index (χ3v) is 6.29. The Hall–Kier alpha value is -2.34. The number of nitrogens with one attached hydrogen (secondary N) is 1. The van der Waals surface area contributed by atoms with Crippen molar-refractivity contribution < 1.29 is 35.9 Å². The summed E-state index contributed by atoms with van der Waals surface area (Å²) in [6, 6.07) is 4.03. The molecule has 1 atom stereocenters. The number of halogens is 6. The second-order valence-electron chi connectivity index (χ2n) is 7.75. The summed E-state index contributed by atoms with van der Waals surface area (Å²) in [7, 11) is 0. The van der Waals surface area contributed by atoms with Crippen LogP contribution in [-0.4, -0.2) is 41.8 Å². The zero-order valence-electron chi connectivity index (χ0n) is 17.7. The van der Waals surface area contributed by atoms with Crippen LogP contribution in [0.3, 0.4) is 0 Å². The fraction of sp³-hybridized carbons (Fsp3) is 0.524. The topological polar surface area (TPSA) is 54.5 Å². The first kappa shape index (κ1) is 25.3. The molecular formula is C21H23F6N3O2S. The normalized spacial score (nSPS) is 16.5. The maximum Gasteiger partial charge on any atom is 0.573 e. The third kappa shape index (κ3) is 7.32. The molecule has 1 N–H and O–H groups in total. The van der Waals surface area contributed by atoms with Gasteiger partial charge in [-0.3, -0.25) is 4.79 Å². The Morgan fingerprint density at radius 3 is 2.52 bits per heavy atom. The zero-order chi connectivity index (χ0) is 24.2. The quantitative estimate of drug-likeness (QED) is 0.510. The van der Waals surface area contributed by atoms with Crippen LogP contribution in [0.5, 0.6) is 5.75 Å². The predicted molar refractivity (Wildman–Crippen MR) is 110 cm³/mol. The number of amides is 1. The number of aromatic nitrogens is 1. The fourth-order valence-electron chi connectivity index (χ4n) is 3.58. The summed E-state index contributed by atoms with van der Waals surface area (Å²) < 4.78 is 81.7. The number of carbonyl (C=O) groups excluding carboxylic acids is 1. The van der Waals surface area contributed by atoms with Gasteiger partial charge in [0, 0.05) is 13.0 Å². The van der Waals surface area contributed by atoms with Crippen molar-refractivity contribution in [1.29, 1.82) is 0 Å². The largest absolute Gasteiger partial charge is 0.573 e. The minimum atomic E-state index is -4.89. The smallest absolute Gasteiger partial charge is 0.406 e. The molecule has 1 aliphatic rings. The summed E-state index contributed by atoms with van der Waals surface area (Å²) in [5.41, 5.74) is -1.01. The molecule has 1 aliphatic heterocycles. The van der Waals surface area contributed by atoms with E-state index in [1.807, 2.05) is 0 Å². The molecule has 0 spiro atoms. The highest BCUT2D eigenvalue weighted by Crippen LogP contribution is 2.35. The summed E-state index contributed by atoms with van der Waals surface area (Å²) in [5.74, 6) is -1.48. The first-order valence-electron chi connectivity index (χ1n) is 10.4. The van der Waals surface area contributed by atoms with Gasteiger partial charge in [0.2, 0.25) is 0 Å². The first-order chi connectivity index (χ1) is 15.4. The monoisotopic (exact) mass is 495 g/mol. The minimum absolute atomic E-state index is 0.214. The Kier molecular flexibility index (Phi) is 7.88. The number of ether oxygens (including phenoxy) is 1. The molecule has 2 aromatic rings. The van der Waals surface area contributed by atoms with Crippen LogP contribution >= 0.6 is 11.3 Å². The number of thiazole rings is 1. The number of hydrogen-bond acceptors (Lipinski definition) is 5. The molecule has 182 valence electrons. The zero-order valence-corrected chi connectivity index (χ0v) is 18.5. The molecule has 1 fully saturated rings. The van der Waals surface area contributed by atoms with Crippen LogP contribution in [0, 0.1) is 0 Å². The number of alkyl halides is 6. The van der Waals surface area contributed by atoms with Gasteiger partial charge in [-0.15, -0.1) is 24.5 Å². The van der Waals surface area contributed by atoms with Gasteiger partial charge in [0.15, 0.2) is 5.69 Å². The van der Waals surface area contributed by atoms with Crippen molar-refractivity contribution in [3.63, 3.8) is 0 Å². The van der Waals surface area contributed by atoms with Gasteiger partial charge in [0.25, 0.3) is 5.91 Å². The van der Waals surface area contributed by atoms with Gasteiger partial charge >= 0.3 is 12.5 Å². The molecule has 0 aliphatic carbocycles. The van der Waals surface area contributed by atoms with E-state index in [2.05, 4.69) is 19.9 Å². The SMILES string of the molecule is CC(NC(=O)c1sc(CCN2CCCCC2)nc1C(F)(F)F)c1cccc(OC(F)(F)F)c1. The third-order valence-electron chi connectivity index (χ3n) is 5.18. The van der Waals surface area contributed by atoms with E-state index in [0.29, 0.717) is 24.3 Å². The lowest BCUT2D eigenvalue weighted by atomic mass is 10.1. The Morgan fingerprint density at radius 2 is 1.88 bits per heavy atom. The standard InChI is InChI=1S/C21H23F6N3O2S/c1-13(14-6-5-7-15(12-14)32-21(25,26)27)28-19(31)17-18(20(22,23)24)29-16(33-17)8-11-30-9-3-2-4-10-30/h5-7,12-13H,2-4,8-11H2,1H3,(H,28,31). The number of carbonyl (C=O) groups is 1. The first-order valence-corrected chi connectivity index (χ1v) is 11.2. The molecule has 5 nitrogen and oxygen atoms in total. The Balaban J connectivity index is 1.72. The number of hydrogen-bond donors (Lipinski definition) is 1. The minimum Gasteiger partial charge on any atom is -0.406 e. The van der Waals surface area contributed by atoms with E-state index in [1.54, 1.807) is 0 Å². The highest BCUT2D eigenvalue weighted by atomic mass is 32.1. The molecule has 3 rings (SSSR count). The second-order valence-corrected chi connectivity index (χ2v) is 8.83. The van der Waals surface area contributed by atoms with E-state index < -0.39 is 40.8 Å². The van der Waals surface area contributed by atoms with Crippen LogP contribution in [0.2, 0.25) is 0 Å². The maximum absolute atomic E-state index is 13.5. The Bertz CT molecular complexity index is 954. The van der Waals surface area contributed by atoms with Crippen molar-refractivity contribution in [1.82, 2.24) is 15.2 Å². The summed E-state index contributed by atoms with van der Waals surface area (Å²) in [6.45, 7) is 3.80. The highest BCUT2D eigenvalue weighted by Gasteiger charge is 2.40. The molecule has 1 aromatic heterocycles. The van der Waals surface area contributed by atoms with Crippen molar-refractivity contribution in [2.75, 3.05) is 19.6 Å². The lowest BCUT2D eigenvalue weighted by molar-refractivity contribution is -0.274. The van der Waals surface area contributed by atoms with Crippen LogP contribution in [0.4, 0.5) is 26.3 Å². The van der Waals surface area contributed by atoms with Crippen molar-refractivity contribution in [3.8, 4) is 5.75 Å². The van der Waals surface area contributed by atoms with Crippen molar-refractivity contribution in [3.05, 3.63) is 45.4 Å². The lowest BCUT2D eigenvalue weighted by Gasteiger charge is -2.25. The Morgan fingerprint density at radius 1 is 1.18 bits per heavy atom. The van der Waals surface area contributed by atoms with E-state index in [1.165, 1.54) is 19.1 Å². The summed E-state index contributed by atoms with van der Waals surface area (Å²) in [6.07, 6.45) is -6.16. The summed E-state index contributed by atoms with van der Waals surface area (Å²) in [4.78, 5) is 17.9. The van der Waals surface area contributed by atoms with E-state index in [-0.39, 0.29) is 10.6 Å². The fourth-order valence-corrected chi connectivity index (χ4v) is 4.56. The summed E-state index contributed by atoms with van der Waals surface area (Å²) >= 11 is 0.688. The molecule has 1 unspecified atom stereocenters. The van der Waals surface area contributed by atoms with Gasteiger partial charge in [-0.2, -0.15) is 13.2 Å². The number of nitrogens with zero attached hydrogens (tertiary/aromatic N) is 2. The number of rotatable bonds is 7. The highest BCUT2D eigenvalue weighted by molar-refractivity contribution is 7.13. The van der Waals surface area contributed by atoms with Gasteiger partial charge in [-0.25, -0.2) is 4.98 Å². The van der Waals surface area contributed by atoms with Gasteiger partial charge in [-0.1, -0.05) is 18.6 Å². The van der Waals surface area contributed by atoms with Gasteiger partial charge in [-0.05, 0) is 50.6 Å².